The van der Waals surface area contributed by atoms with Gasteiger partial charge in [0.2, 0.25) is 0 Å². The van der Waals surface area contributed by atoms with Crippen molar-refractivity contribution in [2.24, 2.45) is 5.92 Å². The summed E-state index contributed by atoms with van der Waals surface area (Å²) in [5, 5.41) is 0. The fourth-order valence-electron chi connectivity index (χ4n) is 2.68. The molecule has 0 saturated heterocycles. The van der Waals surface area contributed by atoms with Gasteiger partial charge < -0.3 is 4.90 Å². The molecule has 0 aromatic heterocycles. The van der Waals surface area contributed by atoms with Gasteiger partial charge in [0.05, 0.1) is 0 Å². The molecule has 0 aliphatic heterocycles. The van der Waals surface area contributed by atoms with Crippen LogP contribution in [0.2, 0.25) is 0 Å². The topological polar surface area (TPSA) is 20.3 Å². The van der Waals surface area contributed by atoms with Crippen molar-refractivity contribution in [3.05, 3.63) is 53.6 Å². The lowest BCUT2D eigenvalue weighted by molar-refractivity contribution is -0.120. The quantitative estimate of drug-likeness (QED) is 0.779. The van der Waals surface area contributed by atoms with Gasteiger partial charge in [-0.3, -0.25) is 4.79 Å². The van der Waals surface area contributed by atoms with Gasteiger partial charge in [-0.25, -0.2) is 0 Å². The minimum absolute atomic E-state index is 0.176. The van der Waals surface area contributed by atoms with E-state index in [-0.39, 0.29) is 5.92 Å². The molecule has 1 aromatic carbocycles. The Morgan fingerprint density at radius 1 is 1.25 bits per heavy atom. The van der Waals surface area contributed by atoms with E-state index in [0.29, 0.717) is 5.78 Å². The Balaban J connectivity index is 2.02. The molecule has 2 heteroatoms. The van der Waals surface area contributed by atoms with Gasteiger partial charge in [-0.05, 0) is 44.5 Å². The Hall–Kier alpha value is -1.67. The molecule has 0 amide bonds. The summed E-state index contributed by atoms with van der Waals surface area (Å²) in [6.07, 6.45) is 9.11. The van der Waals surface area contributed by atoms with Crippen LogP contribution in [-0.2, 0) is 4.79 Å². The van der Waals surface area contributed by atoms with Gasteiger partial charge in [-0.1, -0.05) is 48.6 Å². The summed E-state index contributed by atoms with van der Waals surface area (Å²) < 4.78 is 0. The largest absolute Gasteiger partial charge is 0.309 e. The molecule has 0 spiro atoms. The zero-order valence-electron chi connectivity index (χ0n) is 12.4. The number of carbonyl (C=O) groups excluding carboxylic acids is 1. The van der Waals surface area contributed by atoms with Crippen LogP contribution < -0.4 is 0 Å². The zero-order valence-corrected chi connectivity index (χ0v) is 12.4. The minimum atomic E-state index is 0.176. The average Bonchev–Trinajstić information content (AvgIpc) is 2.43. The standard InChI is InChI=1S/C18H23NO/c1-19(2)14-17-13-7-12-16(18(17)20)11-6-10-15-8-4-3-5-9-15/h3-6,8-11,17H,7,12-14H2,1-2H3/b10-6+,16-11+. The molecule has 1 saturated carbocycles. The highest BCUT2D eigenvalue weighted by atomic mass is 16.1. The predicted molar refractivity (Wildman–Crippen MR) is 84.5 cm³/mol. The Morgan fingerprint density at radius 3 is 2.70 bits per heavy atom. The first-order valence-electron chi connectivity index (χ1n) is 7.28. The molecule has 0 radical (unpaired) electrons. The highest BCUT2D eigenvalue weighted by molar-refractivity contribution is 5.98. The van der Waals surface area contributed by atoms with E-state index >= 15 is 0 Å². The van der Waals surface area contributed by atoms with Crippen LogP contribution >= 0.6 is 0 Å². The third kappa shape index (κ3) is 4.17. The number of allylic oxidation sites excluding steroid dienone is 3. The Morgan fingerprint density at radius 2 is 2.00 bits per heavy atom. The molecule has 1 aliphatic rings. The van der Waals surface area contributed by atoms with Gasteiger partial charge in [-0.2, -0.15) is 0 Å². The molecule has 0 heterocycles. The number of ketones is 1. The minimum Gasteiger partial charge on any atom is -0.309 e. The van der Waals surface area contributed by atoms with Crippen LogP contribution in [0.5, 0.6) is 0 Å². The van der Waals surface area contributed by atoms with Crippen molar-refractivity contribution in [1.82, 2.24) is 4.90 Å². The van der Waals surface area contributed by atoms with Gasteiger partial charge in [0.15, 0.2) is 5.78 Å². The molecule has 1 aromatic rings. The normalized spacial score (nSPS) is 22.1. The number of rotatable bonds is 4. The van der Waals surface area contributed by atoms with Crippen molar-refractivity contribution in [3.63, 3.8) is 0 Å². The second-order valence-corrected chi connectivity index (χ2v) is 5.68. The number of nitrogens with zero attached hydrogens (tertiary/aromatic N) is 1. The number of carbonyl (C=O) groups is 1. The molecule has 0 N–H and O–H groups in total. The van der Waals surface area contributed by atoms with Crippen molar-refractivity contribution < 1.29 is 4.79 Å². The van der Waals surface area contributed by atoms with Gasteiger partial charge in [-0.15, -0.1) is 0 Å². The highest BCUT2D eigenvalue weighted by Crippen LogP contribution is 2.25. The number of benzene rings is 1. The second-order valence-electron chi connectivity index (χ2n) is 5.68. The Labute approximate surface area is 121 Å². The Bertz CT molecular complexity index is 499. The van der Waals surface area contributed by atoms with Crippen LogP contribution in [0, 0.1) is 5.92 Å². The van der Waals surface area contributed by atoms with Crippen molar-refractivity contribution in [2.75, 3.05) is 20.6 Å². The summed E-state index contributed by atoms with van der Waals surface area (Å²) in [5.74, 6) is 0.512. The van der Waals surface area contributed by atoms with Gasteiger partial charge in [0.1, 0.15) is 0 Å². The van der Waals surface area contributed by atoms with Crippen LogP contribution in [0.1, 0.15) is 24.8 Å². The van der Waals surface area contributed by atoms with Gasteiger partial charge in [0, 0.05) is 12.5 Å². The predicted octanol–water partition coefficient (Wildman–Crippen LogP) is 3.56. The van der Waals surface area contributed by atoms with Gasteiger partial charge in [0.25, 0.3) is 0 Å². The van der Waals surface area contributed by atoms with Crippen molar-refractivity contribution in [2.45, 2.75) is 19.3 Å². The van der Waals surface area contributed by atoms with E-state index in [1.165, 1.54) is 0 Å². The van der Waals surface area contributed by atoms with Crippen LogP contribution in [0.3, 0.4) is 0 Å². The third-order valence-electron chi connectivity index (χ3n) is 3.66. The van der Waals surface area contributed by atoms with Crippen LogP contribution in [0.15, 0.2) is 48.1 Å². The third-order valence-corrected chi connectivity index (χ3v) is 3.66. The highest BCUT2D eigenvalue weighted by Gasteiger charge is 2.26. The molecule has 20 heavy (non-hydrogen) atoms. The molecule has 2 nitrogen and oxygen atoms in total. The maximum Gasteiger partial charge on any atom is 0.163 e. The lowest BCUT2D eigenvalue weighted by Gasteiger charge is -2.25. The molecule has 1 aliphatic carbocycles. The van der Waals surface area contributed by atoms with Crippen molar-refractivity contribution in [1.29, 1.82) is 0 Å². The van der Waals surface area contributed by atoms with E-state index < -0.39 is 0 Å². The van der Waals surface area contributed by atoms with E-state index in [9.17, 15) is 4.79 Å². The average molecular weight is 269 g/mol. The van der Waals surface area contributed by atoms with E-state index in [4.69, 9.17) is 0 Å². The maximum absolute atomic E-state index is 12.4. The van der Waals surface area contributed by atoms with E-state index in [2.05, 4.69) is 23.1 Å². The van der Waals surface area contributed by atoms with Crippen LogP contribution in [-0.4, -0.2) is 31.3 Å². The molecule has 1 atom stereocenters. The van der Waals surface area contributed by atoms with Crippen molar-refractivity contribution >= 4 is 11.9 Å². The molecular formula is C18H23NO. The number of Topliss-reactive ketones (excluding diaryl/α,β-unsaturated/α-hetero) is 1. The zero-order chi connectivity index (χ0) is 14.4. The van der Waals surface area contributed by atoms with E-state index in [1.807, 2.05) is 44.4 Å². The first kappa shape index (κ1) is 14.7. The SMILES string of the molecule is CN(C)CC1CCC/C(=C\C=C\c2ccccc2)C1=O. The molecular weight excluding hydrogens is 246 g/mol. The first-order valence-corrected chi connectivity index (χ1v) is 7.28. The summed E-state index contributed by atoms with van der Waals surface area (Å²) in [4.78, 5) is 14.5. The van der Waals surface area contributed by atoms with Crippen LogP contribution in [0.25, 0.3) is 6.08 Å². The molecule has 0 bridgehead atoms. The lowest BCUT2D eigenvalue weighted by Crippen LogP contribution is -2.31. The fourth-order valence-corrected chi connectivity index (χ4v) is 2.68. The number of hydrogen-bond acceptors (Lipinski definition) is 2. The maximum atomic E-state index is 12.4. The summed E-state index contributed by atoms with van der Waals surface area (Å²) in [6.45, 7) is 0.860. The summed E-state index contributed by atoms with van der Waals surface area (Å²) >= 11 is 0. The van der Waals surface area contributed by atoms with Crippen molar-refractivity contribution in [3.8, 4) is 0 Å². The smallest absolute Gasteiger partial charge is 0.163 e. The molecule has 106 valence electrons. The number of hydrogen-bond donors (Lipinski definition) is 0. The fraction of sp³-hybridized carbons (Fsp3) is 0.389. The summed E-state index contributed by atoms with van der Waals surface area (Å²) in [5.41, 5.74) is 2.15. The molecule has 1 fully saturated rings. The first-order chi connectivity index (χ1) is 9.66. The molecule has 1 unspecified atom stereocenters. The van der Waals surface area contributed by atoms with Gasteiger partial charge >= 0.3 is 0 Å². The van der Waals surface area contributed by atoms with Crippen LogP contribution in [0.4, 0.5) is 0 Å². The monoisotopic (exact) mass is 269 g/mol. The second kappa shape index (κ2) is 7.20. The molecule has 2 rings (SSSR count). The summed E-state index contributed by atoms with van der Waals surface area (Å²) in [6, 6.07) is 10.2. The lowest BCUT2D eigenvalue weighted by atomic mass is 9.83. The van der Waals surface area contributed by atoms with E-state index in [1.54, 1.807) is 0 Å². The van der Waals surface area contributed by atoms with E-state index in [0.717, 1.165) is 36.9 Å². The summed E-state index contributed by atoms with van der Waals surface area (Å²) in [7, 11) is 4.06. The Kier molecular flexibility index (Phi) is 5.31.